The van der Waals surface area contributed by atoms with Gasteiger partial charge in [-0.25, -0.2) is 0 Å². The van der Waals surface area contributed by atoms with Crippen molar-refractivity contribution < 1.29 is 19.8 Å². The van der Waals surface area contributed by atoms with Crippen molar-refractivity contribution in [3.05, 3.63) is 0 Å². The van der Waals surface area contributed by atoms with E-state index >= 15 is 0 Å². The second-order valence-corrected chi connectivity index (χ2v) is 6.00. The molecule has 0 aromatic carbocycles. The van der Waals surface area contributed by atoms with Crippen molar-refractivity contribution in [3.63, 3.8) is 0 Å². The summed E-state index contributed by atoms with van der Waals surface area (Å²) in [7, 11) is 0. The number of carbonyl (C=O) groups excluding carboxylic acids is 1. The molecule has 0 heterocycles. The van der Waals surface area contributed by atoms with Gasteiger partial charge >= 0.3 is 5.97 Å². The summed E-state index contributed by atoms with van der Waals surface area (Å²) < 4.78 is 0. The first kappa shape index (κ1) is 17.0. The predicted molar refractivity (Wildman–Crippen MR) is 76.2 cm³/mol. The molecule has 0 aliphatic heterocycles. The Labute approximate surface area is 121 Å². The van der Waals surface area contributed by atoms with E-state index in [0.717, 1.165) is 6.42 Å². The van der Waals surface area contributed by atoms with E-state index in [4.69, 9.17) is 5.11 Å². The van der Waals surface area contributed by atoms with Gasteiger partial charge in [0.15, 0.2) is 0 Å². The Morgan fingerprint density at radius 2 is 1.85 bits per heavy atom. The zero-order valence-corrected chi connectivity index (χ0v) is 12.7. The molecule has 116 valence electrons. The number of amides is 1. The van der Waals surface area contributed by atoms with Crippen molar-refractivity contribution in [1.82, 2.24) is 4.90 Å². The van der Waals surface area contributed by atoms with Gasteiger partial charge in [0.1, 0.15) is 0 Å². The molecule has 3 atom stereocenters. The molecule has 2 N–H and O–H groups in total. The SMILES string of the molecule is CCC1C[C@H](C(=O)N(CCCO)C(C)C)[C@H](C(=O)O)C1. The van der Waals surface area contributed by atoms with Crippen LogP contribution in [-0.2, 0) is 9.59 Å². The van der Waals surface area contributed by atoms with Crippen LogP contribution in [0.15, 0.2) is 0 Å². The molecule has 5 heteroatoms. The number of carboxylic acids is 1. The van der Waals surface area contributed by atoms with Crippen LogP contribution in [0.5, 0.6) is 0 Å². The van der Waals surface area contributed by atoms with Gasteiger partial charge in [-0.15, -0.1) is 0 Å². The maximum atomic E-state index is 12.7. The smallest absolute Gasteiger partial charge is 0.307 e. The number of carboxylic acid groups (broad SMARTS) is 1. The molecule has 1 saturated carbocycles. The largest absolute Gasteiger partial charge is 0.481 e. The van der Waals surface area contributed by atoms with Crippen LogP contribution < -0.4 is 0 Å². The van der Waals surface area contributed by atoms with E-state index < -0.39 is 17.8 Å². The number of carbonyl (C=O) groups is 2. The minimum absolute atomic E-state index is 0.0316. The number of hydrogen-bond donors (Lipinski definition) is 2. The number of hydrogen-bond acceptors (Lipinski definition) is 3. The lowest BCUT2D eigenvalue weighted by Gasteiger charge is -2.30. The highest BCUT2D eigenvalue weighted by Crippen LogP contribution is 2.39. The first-order chi connectivity index (χ1) is 9.42. The van der Waals surface area contributed by atoms with E-state index in [0.29, 0.717) is 31.7 Å². The van der Waals surface area contributed by atoms with Crippen LogP contribution in [0.1, 0.15) is 46.5 Å². The molecule has 1 rings (SSSR count). The van der Waals surface area contributed by atoms with E-state index in [-0.39, 0.29) is 18.6 Å². The fourth-order valence-electron chi connectivity index (χ4n) is 3.10. The van der Waals surface area contributed by atoms with Gasteiger partial charge in [-0.2, -0.15) is 0 Å². The Morgan fingerprint density at radius 3 is 2.30 bits per heavy atom. The average molecular weight is 285 g/mol. The summed E-state index contributed by atoms with van der Waals surface area (Å²) in [4.78, 5) is 25.7. The molecule has 0 bridgehead atoms. The molecule has 1 amide bonds. The van der Waals surface area contributed by atoms with Crippen LogP contribution in [0, 0.1) is 17.8 Å². The molecule has 0 spiro atoms. The third kappa shape index (κ3) is 3.95. The van der Waals surface area contributed by atoms with Gasteiger partial charge in [0.05, 0.1) is 11.8 Å². The standard InChI is InChI=1S/C15H27NO4/c1-4-11-8-12(13(9-11)15(19)20)14(18)16(10(2)3)6-5-7-17/h10-13,17H,4-9H2,1-3H3,(H,19,20)/t11?,12-,13+/m0/s1. The molecule has 1 unspecified atom stereocenters. The first-order valence-electron chi connectivity index (χ1n) is 7.56. The normalized spacial score (nSPS) is 25.9. The molecular weight excluding hydrogens is 258 g/mol. The predicted octanol–water partition coefficient (Wildman–Crippen LogP) is 1.74. The summed E-state index contributed by atoms with van der Waals surface area (Å²) in [5.41, 5.74) is 0. The Kier molecular flexibility index (Phi) is 6.46. The van der Waals surface area contributed by atoms with E-state index in [1.807, 2.05) is 20.8 Å². The van der Waals surface area contributed by atoms with Gasteiger partial charge in [-0.05, 0) is 39.0 Å². The zero-order valence-electron chi connectivity index (χ0n) is 12.7. The second-order valence-electron chi connectivity index (χ2n) is 6.00. The van der Waals surface area contributed by atoms with Crippen molar-refractivity contribution in [3.8, 4) is 0 Å². The van der Waals surface area contributed by atoms with Gasteiger partial charge in [0.25, 0.3) is 0 Å². The topological polar surface area (TPSA) is 77.8 Å². The van der Waals surface area contributed by atoms with Crippen LogP contribution in [-0.4, -0.2) is 46.2 Å². The summed E-state index contributed by atoms with van der Waals surface area (Å²) in [5.74, 6) is -1.54. The van der Waals surface area contributed by atoms with Crippen molar-refractivity contribution >= 4 is 11.9 Å². The van der Waals surface area contributed by atoms with Crippen LogP contribution in [0.3, 0.4) is 0 Å². The summed E-state index contributed by atoms with van der Waals surface area (Å²) in [6.07, 6.45) is 2.74. The van der Waals surface area contributed by atoms with E-state index in [9.17, 15) is 14.7 Å². The van der Waals surface area contributed by atoms with Crippen molar-refractivity contribution in [2.24, 2.45) is 17.8 Å². The lowest BCUT2D eigenvalue weighted by Crippen LogP contribution is -2.43. The number of nitrogens with zero attached hydrogens (tertiary/aromatic N) is 1. The lowest BCUT2D eigenvalue weighted by molar-refractivity contribution is -0.149. The molecule has 0 saturated heterocycles. The Hall–Kier alpha value is -1.10. The summed E-state index contributed by atoms with van der Waals surface area (Å²) in [6, 6.07) is 0.0316. The fourth-order valence-corrected chi connectivity index (χ4v) is 3.10. The van der Waals surface area contributed by atoms with Gasteiger partial charge in [-0.1, -0.05) is 13.3 Å². The Balaban J connectivity index is 2.82. The van der Waals surface area contributed by atoms with Crippen LogP contribution in [0.2, 0.25) is 0 Å². The van der Waals surface area contributed by atoms with Crippen molar-refractivity contribution in [1.29, 1.82) is 0 Å². The van der Waals surface area contributed by atoms with Gasteiger partial charge < -0.3 is 15.1 Å². The minimum Gasteiger partial charge on any atom is -0.481 e. The molecule has 1 aliphatic carbocycles. The van der Waals surface area contributed by atoms with E-state index in [2.05, 4.69) is 0 Å². The zero-order chi connectivity index (χ0) is 15.3. The summed E-state index contributed by atoms with van der Waals surface area (Å²) in [6.45, 7) is 6.44. The van der Waals surface area contributed by atoms with Crippen molar-refractivity contribution in [2.45, 2.75) is 52.5 Å². The van der Waals surface area contributed by atoms with Crippen LogP contribution in [0.4, 0.5) is 0 Å². The summed E-state index contributed by atoms with van der Waals surface area (Å²) in [5, 5.41) is 18.3. The third-order valence-corrected chi connectivity index (χ3v) is 4.34. The summed E-state index contributed by atoms with van der Waals surface area (Å²) >= 11 is 0. The number of rotatable bonds is 7. The van der Waals surface area contributed by atoms with Gasteiger partial charge in [-0.3, -0.25) is 9.59 Å². The molecule has 1 aliphatic rings. The number of aliphatic hydroxyl groups is 1. The molecule has 0 aromatic rings. The molecule has 5 nitrogen and oxygen atoms in total. The van der Waals surface area contributed by atoms with E-state index in [1.165, 1.54) is 0 Å². The second kappa shape index (κ2) is 7.62. The van der Waals surface area contributed by atoms with E-state index in [1.54, 1.807) is 4.90 Å². The highest BCUT2D eigenvalue weighted by atomic mass is 16.4. The third-order valence-electron chi connectivity index (χ3n) is 4.34. The molecule has 0 radical (unpaired) electrons. The van der Waals surface area contributed by atoms with Gasteiger partial charge in [0.2, 0.25) is 5.91 Å². The first-order valence-corrected chi connectivity index (χ1v) is 7.56. The molecular formula is C15H27NO4. The maximum absolute atomic E-state index is 12.7. The Morgan fingerprint density at radius 1 is 1.25 bits per heavy atom. The minimum atomic E-state index is -0.856. The van der Waals surface area contributed by atoms with Crippen molar-refractivity contribution in [2.75, 3.05) is 13.2 Å². The molecule has 0 aromatic heterocycles. The highest BCUT2D eigenvalue weighted by molar-refractivity contribution is 5.85. The molecule has 1 fully saturated rings. The maximum Gasteiger partial charge on any atom is 0.307 e. The number of aliphatic carboxylic acids is 1. The van der Waals surface area contributed by atoms with Gasteiger partial charge in [0, 0.05) is 19.2 Å². The quantitative estimate of drug-likeness (QED) is 0.747. The van der Waals surface area contributed by atoms with Crippen LogP contribution in [0.25, 0.3) is 0 Å². The Bertz CT molecular complexity index is 343. The average Bonchev–Trinajstić information content (AvgIpc) is 2.82. The molecule has 20 heavy (non-hydrogen) atoms. The highest BCUT2D eigenvalue weighted by Gasteiger charge is 2.43. The lowest BCUT2D eigenvalue weighted by atomic mass is 9.94. The van der Waals surface area contributed by atoms with Crippen LogP contribution >= 0.6 is 0 Å². The number of aliphatic hydroxyl groups excluding tert-OH is 1. The fraction of sp³-hybridized carbons (Fsp3) is 0.867. The monoisotopic (exact) mass is 285 g/mol.